The van der Waals surface area contributed by atoms with Gasteiger partial charge in [0.2, 0.25) is 17.6 Å². The van der Waals surface area contributed by atoms with Gasteiger partial charge in [-0.15, -0.1) is 0 Å². The Bertz CT molecular complexity index is 1300. The number of anilines is 1. The minimum atomic E-state index is -4.50. The molecule has 37 heavy (non-hydrogen) atoms. The summed E-state index contributed by atoms with van der Waals surface area (Å²) in [6.45, 7) is 3.74. The van der Waals surface area contributed by atoms with Gasteiger partial charge in [-0.05, 0) is 43.5 Å². The quantitative estimate of drug-likeness (QED) is 0.448. The number of nitrogens with zero attached hydrogens (tertiary/aromatic N) is 4. The number of halogens is 4. The van der Waals surface area contributed by atoms with Crippen molar-refractivity contribution in [1.82, 2.24) is 24.9 Å². The largest absolute Gasteiger partial charge is 0.406 e. The van der Waals surface area contributed by atoms with Crippen LogP contribution in [-0.2, 0) is 17.9 Å². The number of benzene rings is 1. The first-order valence-electron chi connectivity index (χ1n) is 12.3. The van der Waals surface area contributed by atoms with Gasteiger partial charge in [0.1, 0.15) is 12.7 Å². The molecule has 2 N–H and O–H groups in total. The lowest BCUT2D eigenvalue weighted by Gasteiger charge is -2.33. The number of aromatic nitrogens is 3. The van der Waals surface area contributed by atoms with Crippen molar-refractivity contribution in [3.05, 3.63) is 30.2 Å². The molecule has 200 valence electrons. The molecule has 3 atom stereocenters. The molecule has 0 radical (unpaired) electrons. The second kappa shape index (κ2) is 9.30. The molecule has 1 aromatic carbocycles. The highest BCUT2D eigenvalue weighted by atomic mass is 19.4. The summed E-state index contributed by atoms with van der Waals surface area (Å²) in [6.07, 6.45) is -4.24. The van der Waals surface area contributed by atoms with Gasteiger partial charge in [0.05, 0.1) is 23.8 Å². The van der Waals surface area contributed by atoms with Gasteiger partial charge in [-0.2, -0.15) is 18.2 Å². The van der Waals surface area contributed by atoms with E-state index in [-0.39, 0.29) is 47.7 Å². The van der Waals surface area contributed by atoms with Crippen molar-refractivity contribution in [3.8, 4) is 11.5 Å². The summed E-state index contributed by atoms with van der Waals surface area (Å²) in [6, 6.07) is 6.06. The van der Waals surface area contributed by atoms with Crippen LogP contribution in [-0.4, -0.2) is 64.0 Å². The number of piperidine rings is 1. The molecule has 1 aliphatic heterocycles. The molecule has 3 aromatic rings. The molecule has 0 spiro atoms. The first kappa shape index (κ1) is 25.5. The fourth-order valence-electron chi connectivity index (χ4n) is 5.00. The molecule has 2 aromatic heterocycles. The van der Waals surface area contributed by atoms with Gasteiger partial charge in [0.15, 0.2) is 0 Å². The van der Waals surface area contributed by atoms with E-state index in [0.717, 1.165) is 17.5 Å². The van der Waals surface area contributed by atoms with Gasteiger partial charge in [0.25, 0.3) is 0 Å². The molecule has 2 aliphatic rings. The third-order valence-corrected chi connectivity index (χ3v) is 7.31. The molecular formula is C25H30F4N6O2. The lowest BCUT2D eigenvalue weighted by molar-refractivity contribution is -0.139. The van der Waals surface area contributed by atoms with E-state index >= 15 is 0 Å². The highest BCUT2D eigenvalue weighted by molar-refractivity contribution is 5.96. The zero-order valence-corrected chi connectivity index (χ0v) is 20.9. The molecule has 8 nitrogen and oxygen atoms in total. The van der Waals surface area contributed by atoms with E-state index < -0.39 is 24.9 Å². The van der Waals surface area contributed by atoms with E-state index in [1.165, 1.54) is 0 Å². The van der Waals surface area contributed by atoms with E-state index in [1.54, 1.807) is 24.3 Å². The fourth-order valence-corrected chi connectivity index (χ4v) is 5.00. The van der Waals surface area contributed by atoms with Crippen molar-refractivity contribution < 1.29 is 26.9 Å². The van der Waals surface area contributed by atoms with Crippen LogP contribution in [0.3, 0.4) is 0 Å². The standard InChI is InChI=1S/C25H30F4N6O2/c1-24(2)10-15(24)23(36)30-11-21-32-22(33-37-21)20-9-14-17(31-18-7-8-34(3)12-16(18)26)5-4-6-19(14)35(20)13-25(27,28)29/h4-6,9,15-16,18,31H,7-8,10-13H2,1-3H3,(H,30,36)/t15-,16+,18-/m1/s1. The van der Waals surface area contributed by atoms with Crippen LogP contribution in [0, 0.1) is 11.3 Å². The van der Waals surface area contributed by atoms with Crippen LogP contribution in [0.1, 0.15) is 32.6 Å². The smallest absolute Gasteiger partial charge is 0.379 e. The predicted octanol–water partition coefficient (Wildman–Crippen LogP) is 4.37. The lowest BCUT2D eigenvalue weighted by Crippen LogP contribution is -2.46. The number of fused-ring (bicyclic) bond motifs is 1. The molecule has 5 rings (SSSR count). The summed E-state index contributed by atoms with van der Waals surface area (Å²) in [5.74, 6) is -0.129. The molecule has 3 heterocycles. The highest BCUT2D eigenvalue weighted by Crippen LogP contribution is 2.51. The average Bonchev–Trinajstić information content (AvgIpc) is 3.12. The van der Waals surface area contributed by atoms with Gasteiger partial charge >= 0.3 is 6.18 Å². The van der Waals surface area contributed by atoms with E-state index in [4.69, 9.17) is 4.52 Å². The van der Waals surface area contributed by atoms with Gasteiger partial charge in [-0.25, -0.2) is 4.39 Å². The van der Waals surface area contributed by atoms with Crippen molar-refractivity contribution >= 4 is 22.5 Å². The van der Waals surface area contributed by atoms with Gasteiger partial charge < -0.3 is 24.6 Å². The van der Waals surface area contributed by atoms with Crippen LogP contribution in [0.4, 0.5) is 23.2 Å². The lowest BCUT2D eigenvalue weighted by atomic mass is 10.0. The maximum Gasteiger partial charge on any atom is 0.406 e. The summed E-state index contributed by atoms with van der Waals surface area (Å²) < 4.78 is 61.7. The number of carbonyl (C=O) groups is 1. The van der Waals surface area contributed by atoms with Crippen LogP contribution >= 0.6 is 0 Å². The van der Waals surface area contributed by atoms with Crippen molar-refractivity contribution in [1.29, 1.82) is 0 Å². The number of carbonyl (C=O) groups excluding carboxylic acids is 1. The number of alkyl halides is 4. The Morgan fingerprint density at radius 3 is 2.73 bits per heavy atom. The molecule has 2 fully saturated rings. The molecular weight excluding hydrogens is 492 g/mol. The van der Waals surface area contributed by atoms with Gasteiger partial charge in [-0.3, -0.25) is 4.79 Å². The minimum Gasteiger partial charge on any atom is -0.379 e. The molecule has 0 bridgehead atoms. The Balaban J connectivity index is 1.43. The highest BCUT2D eigenvalue weighted by Gasteiger charge is 2.50. The normalized spacial score (nSPS) is 23.8. The Hall–Kier alpha value is -3.15. The molecule has 1 saturated carbocycles. The summed E-state index contributed by atoms with van der Waals surface area (Å²) >= 11 is 0. The van der Waals surface area contributed by atoms with Gasteiger partial charge in [-0.1, -0.05) is 25.1 Å². The third-order valence-electron chi connectivity index (χ3n) is 7.31. The Morgan fingerprint density at radius 2 is 2.05 bits per heavy atom. The van der Waals surface area contributed by atoms with Crippen molar-refractivity contribution in [2.45, 2.75) is 58.2 Å². The second-order valence-corrected chi connectivity index (χ2v) is 10.8. The van der Waals surface area contributed by atoms with Crippen molar-refractivity contribution in [3.63, 3.8) is 0 Å². The SMILES string of the molecule is CN1CC[C@@H](Nc2cccc3c2cc(-c2noc(CNC(=O)[C@H]4CC4(C)C)n2)n3CC(F)(F)F)[C@@H](F)C1. The number of hydrogen-bond acceptors (Lipinski definition) is 6. The summed E-state index contributed by atoms with van der Waals surface area (Å²) in [5, 5.41) is 10.4. The monoisotopic (exact) mass is 522 g/mol. The molecule has 1 amide bonds. The number of nitrogens with one attached hydrogen (secondary N) is 2. The summed E-state index contributed by atoms with van der Waals surface area (Å²) in [7, 11) is 1.85. The second-order valence-electron chi connectivity index (χ2n) is 10.8. The molecule has 1 saturated heterocycles. The van der Waals surface area contributed by atoms with E-state index in [9.17, 15) is 22.4 Å². The minimum absolute atomic E-state index is 0.0151. The van der Waals surface area contributed by atoms with Crippen molar-refractivity contribution in [2.24, 2.45) is 11.3 Å². The van der Waals surface area contributed by atoms with Crippen LogP contribution in [0.5, 0.6) is 0 Å². The number of amides is 1. The summed E-state index contributed by atoms with van der Waals surface area (Å²) in [5.41, 5.74) is 0.937. The zero-order valence-electron chi connectivity index (χ0n) is 20.9. The molecule has 0 unspecified atom stereocenters. The van der Waals surface area contributed by atoms with E-state index in [1.807, 2.05) is 25.8 Å². The van der Waals surface area contributed by atoms with Gasteiger partial charge in [0, 0.05) is 30.1 Å². The first-order valence-corrected chi connectivity index (χ1v) is 12.3. The Labute approximate surface area is 211 Å². The summed E-state index contributed by atoms with van der Waals surface area (Å²) in [4.78, 5) is 18.4. The number of likely N-dealkylation sites (tertiary alicyclic amines) is 1. The Morgan fingerprint density at radius 1 is 1.30 bits per heavy atom. The van der Waals surface area contributed by atoms with E-state index in [2.05, 4.69) is 20.8 Å². The Kier molecular flexibility index (Phi) is 6.41. The topological polar surface area (TPSA) is 88.2 Å². The first-order chi connectivity index (χ1) is 17.4. The van der Waals surface area contributed by atoms with Crippen LogP contribution in [0.15, 0.2) is 28.8 Å². The maximum atomic E-state index is 14.7. The van der Waals surface area contributed by atoms with Crippen molar-refractivity contribution in [2.75, 3.05) is 25.5 Å². The van der Waals surface area contributed by atoms with Crippen LogP contribution in [0.2, 0.25) is 0 Å². The number of hydrogen-bond donors (Lipinski definition) is 2. The third kappa shape index (κ3) is 5.43. The predicted molar refractivity (Wildman–Crippen MR) is 129 cm³/mol. The van der Waals surface area contributed by atoms with Crippen LogP contribution in [0.25, 0.3) is 22.4 Å². The fraction of sp³-hybridized carbons (Fsp3) is 0.560. The average molecular weight is 523 g/mol. The molecule has 1 aliphatic carbocycles. The van der Waals surface area contributed by atoms with Crippen LogP contribution < -0.4 is 10.6 Å². The zero-order chi connectivity index (χ0) is 26.5. The van der Waals surface area contributed by atoms with E-state index in [0.29, 0.717) is 23.0 Å². The number of rotatable bonds is 7. The molecule has 12 heteroatoms. The maximum absolute atomic E-state index is 14.7.